The summed E-state index contributed by atoms with van der Waals surface area (Å²) < 4.78 is 1.83. The Morgan fingerprint density at radius 3 is 2.56 bits per heavy atom. The number of piperidine rings is 1. The number of aromatic nitrogens is 2. The van der Waals surface area contributed by atoms with Gasteiger partial charge < -0.3 is 4.90 Å². The second-order valence-corrected chi connectivity index (χ2v) is 9.88. The molecule has 1 atom stereocenters. The highest BCUT2D eigenvalue weighted by atomic mass is 32.2. The first kappa shape index (κ1) is 18.7. The average molecular weight is 394 g/mol. The van der Waals surface area contributed by atoms with E-state index < -0.39 is 0 Å². The summed E-state index contributed by atoms with van der Waals surface area (Å²) in [5.41, 5.74) is 1.40. The molecule has 2 aromatic rings. The Kier molecular flexibility index (Phi) is 6.78. The number of nitrogens with zero attached hydrogens (tertiary/aromatic N) is 3. The topological polar surface area (TPSA) is 46.1 Å². The third kappa shape index (κ3) is 5.21. The highest BCUT2D eigenvalue weighted by molar-refractivity contribution is 8.03. The number of carbonyl (C=O) groups excluding carboxylic acids is 1. The van der Waals surface area contributed by atoms with Crippen LogP contribution in [-0.4, -0.2) is 45.6 Å². The van der Waals surface area contributed by atoms with Crippen LogP contribution in [0.15, 0.2) is 39.0 Å². The van der Waals surface area contributed by atoms with E-state index in [4.69, 9.17) is 0 Å². The lowest BCUT2D eigenvalue weighted by molar-refractivity contribution is -0.131. The number of amides is 1. The molecule has 0 bridgehead atoms. The van der Waals surface area contributed by atoms with Crippen molar-refractivity contribution in [2.45, 2.75) is 40.1 Å². The molecular weight excluding hydrogens is 370 g/mol. The largest absolute Gasteiger partial charge is 0.342 e. The van der Waals surface area contributed by atoms with Gasteiger partial charge in [0.15, 0.2) is 8.68 Å². The summed E-state index contributed by atoms with van der Waals surface area (Å²) in [5, 5.41) is 8.15. The van der Waals surface area contributed by atoms with E-state index in [2.05, 4.69) is 40.5 Å². The van der Waals surface area contributed by atoms with E-state index >= 15 is 0 Å². The van der Waals surface area contributed by atoms with Gasteiger partial charge in [-0.25, -0.2) is 0 Å². The first-order valence-corrected chi connectivity index (χ1v) is 11.4. The second-order valence-electron chi connectivity index (χ2n) is 6.26. The van der Waals surface area contributed by atoms with Crippen molar-refractivity contribution < 1.29 is 4.79 Å². The van der Waals surface area contributed by atoms with Gasteiger partial charge in [0.25, 0.3) is 0 Å². The zero-order chi connectivity index (χ0) is 17.6. The van der Waals surface area contributed by atoms with Gasteiger partial charge in [-0.2, -0.15) is 0 Å². The van der Waals surface area contributed by atoms with Crippen molar-refractivity contribution in [1.29, 1.82) is 0 Å². The average Bonchev–Trinajstić information content (AvgIpc) is 3.10. The fourth-order valence-corrected chi connectivity index (χ4v) is 5.76. The molecule has 0 aliphatic carbocycles. The molecule has 2 heterocycles. The third-order valence-electron chi connectivity index (χ3n) is 4.48. The maximum Gasteiger partial charge on any atom is 0.235 e. The predicted octanol–water partition coefficient (Wildman–Crippen LogP) is 4.22. The van der Waals surface area contributed by atoms with E-state index in [1.54, 1.807) is 23.1 Å². The Morgan fingerprint density at radius 1 is 1.24 bits per heavy atom. The second kappa shape index (κ2) is 9.05. The van der Waals surface area contributed by atoms with Crippen LogP contribution in [-0.2, 0) is 11.2 Å². The highest BCUT2D eigenvalue weighted by Crippen LogP contribution is 2.31. The van der Waals surface area contributed by atoms with Gasteiger partial charge in [0.1, 0.15) is 0 Å². The van der Waals surface area contributed by atoms with Crippen LogP contribution in [0.1, 0.15) is 25.3 Å². The van der Waals surface area contributed by atoms with E-state index in [9.17, 15) is 4.79 Å². The van der Waals surface area contributed by atoms with Gasteiger partial charge in [0.2, 0.25) is 5.91 Å². The highest BCUT2D eigenvalue weighted by Gasteiger charge is 2.27. The van der Waals surface area contributed by atoms with Crippen molar-refractivity contribution in [2.75, 3.05) is 19.3 Å². The fraction of sp³-hybridized carbons (Fsp3) is 0.500. The van der Waals surface area contributed by atoms with Crippen LogP contribution in [0.25, 0.3) is 0 Å². The summed E-state index contributed by atoms with van der Waals surface area (Å²) in [6.45, 7) is 3.71. The molecular formula is C18H23N3OS3. The third-order valence-corrected chi connectivity index (χ3v) is 7.55. The number of hydrogen-bond acceptors (Lipinski definition) is 6. The molecule has 1 aromatic heterocycles. The monoisotopic (exact) mass is 393 g/mol. The van der Waals surface area contributed by atoms with Crippen LogP contribution < -0.4 is 0 Å². The van der Waals surface area contributed by atoms with Gasteiger partial charge in [-0.1, -0.05) is 65.2 Å². The minimum Gasteiger partial charge on any atom is -0.342 e. The van der Waals surface area contributed by atoms with Crippen LogP contribution in [0, 0.1) is 5.92 Å². The molecule has 7 heteroatoms. The standard InChI is InChI=1S/C18H23N3OS3/c1-13(24-18-20-19-17(23-2)25-18)16(22)21-10-8-15(9-11-21)12-14-6-4-3-5-7-14/h3-7,13,15H,8-12H2,1-2H3/t13-/m1/s1. The molecule has 1 fully saturated rings. The lowest BCUT2D eigenvalue weighted by atomic mass is 9.90. The van der Waals surface area contributed by atoms with Crippen LogP contribution in [0.2, 0.25) is 0 Å². The molecule has 0 unspecified atom stereocenters. The number of hydrogen-bond donors (Lipinski definition) is 0. The molecule has 1 aliphatic rings. The minimum absolute atomic E-state index is 0.103. The van der Waals surface area contributed by atoms with Crippen molar-refractivity contribution in [3.63, 3.8) is 0 Å². The maximum absolute atomic E-state index is 12.7. The predicted molar refractivity (Wildman–Crippen MR) is 106 cm³/mol. The van der Waals surface area contributed by atoms with E-state index in [-0.39, 0.29) is 11.2 Å². The van der Waals surface area contributed by atoms with Crippen LogP contribution in [0.5, 0.6) is 0 Å². The fourth-order valence-electron chi connectivity index (χ4n) is 3.09. The summed E-state index contributed by atoms with van der Waals surface area (Å²) in [6.07, 6.45) is 5.29. The molecule has 134 valence electrons. The zero-order valence-corrected chi connectivity index (χ0v) is 17.0. The molecule has 1 aliphatic heterocycles. The molecule has 3 rings (SSSR count). The number of benzene rings is 1. The number of thioether (sulfide) groups is 2. The Hall–Kier alpha value is -1.05. The maximum atomic E-state index is 12.7. The lowest BCUT2D eigenvalue weighted by Crippen LogP contribution is -2.42. The van der Waals surface area contributed by atoms with Crippen LogP contribution in [0.3, 0.4) is 0 Å². The Labute approximate surface area is 161 Å². The molecule has 4 nitrogen and oxygen atoms in total. The summed E-state index contributed by atoms with van der Waals surface area (Å²) in [4.78, 5) is 14.7. The van der Waals surface area contributed by atoms with Gasteiger partial charge in [-0.05, 0) is 43.9 Å². The van der Waals surface area contributed by atoms with E-state index in [1.807, 2.05) is 18.1 Å². The number of rotatable bonds is 6. The first-order valence-electron chi connectivity index (χ1n) is 8.52. The Morgan fingerprint density at radius 2 is 1.92 bits per heavy atom. The van der Waals surface area contributed by atoms with Crippen molar-refractivity contribution in [3.8, 4) is 0 Å². The molecule has 1 amide bonds. The summed E-state index contributed by atoms with van der Waals surface area (Å²) >= 11 is 4.68. The van der Waals surface area contributed by atoms with Crippen LogP contribution >= 0.6 is 34.9 Å². The van der Waals surface area contributed by atoms with Crippen molar-refractivity contribution in [1.82, 2.24) is 15.1 Å². The van der Waals surface area contributed by atoms with Gasteiger partial charge >= 0.3 is 0 Å². The smallest absolute Gasteiger partial charge is 0.235 e. The molecule has 0 N–H and O–H groups in total. The number of likely N-dealkylation sites (tertiary alicyclic amines) is 1. The van der Waals surface area contributed by atoms with Gasteiger partial charge in [0.05, 0.1) is 5.25 Å². The van der Waals surface area contributed by atoms with Crippen LogP contribution in [0.4, 0.5) is 0 Å². The summed E-state index contributed by atoms with van der Waals surface area (Å²) in [7, 11) is 0. The quantitative estimate of drug-likeness (QED) is 0.688. The van der Waals surface area contributed by atoms with Gasteiger partial charge in [-0.3, -0.25) is 4.79 Å². The van der Waals surface area contributed by atoms with Crippen molar-refractivity contribution in [3.05, 3.63) is 35.9 Å². The van der Waals surface area contributed by atoms with Crippen molar-refractivity contribution in [2.24, 2.45) is 5.92 Å². The summed E-state index contributed by atoms with van der Waals surface area (Å²) in [5.74, 6) is 0.908. The first-order chi connectivity index (χ1) is 12.2. The van der Waals surface area contributed by atoms with Crippen molar-refractivity contribution >= 4 is 40.8 Å². The normalized spacial score (nSPS) is 16.8. The molecule has 0 spiro atoms. The SMILES string of the molecule is CSc1nnc(S[C@H](C)C(=O)N2CCC(Cc3ccccc3)CC2)s1. The van der Waals surface area contributed by atoms with E-state index in [1.165, 1.54) is 17.3 Å². The molecule has 0 saturated carbocycles. The molecule has 25 heavy (non-hydrogen) atoms. The molecule has 1 saturated heterocycles. The Bertz CT molecular complexity index is 684. The zero-order valence-electron chi connectivity index (χ0n) is 14.6. The molecule has 1 aromatic carbocycles. The Balaban J connectivity index is 1.47. The van der Waals surface area contributed by atoms with E-state index in [0.29, 0.717) is 5.92 Å². The lowest BCUT2D eigenvalue weighted by Gasteiger charge is -2.33. The minimum atomic E-state index is -0.103. The summed E-state index contributed by atoms with van der Waals surface area (Å²) in [6, 6.07) is 10.7. The van der Waals surface area contributed by atoms with Gasteiger partial charge in [-0.15, -0.1) is 10.2 Å². The number of carbonyl (C=O) groups is 1. The molecule has 0 radical (unpaired) electrons. The van der Waals surface area contributed by atoms with E-state index in [0.717, 1.165) is 41.0 Å². The van der Waals surface area contributed by atoms with Gasteiger partial charge in [0, 0.05) is 13.1 Å².